The predicted octanol–water partition coefficient (Wildman–Crippen LogP) is 5.19. The molecule has 0 aliphatic heterocycles. The Hall–Kier alpha value is -3.80. The number of tetrazole rings is 1. The van der Waals surface area contributed by atoms with Crippen LogP contribution < -0.4 is 0 Å². The van der Waals surface area contributed by atoms with Crippen LogP contribution in [0.4, 0.5) is 0 Å². The number of H-pyrrole nitrogens is 1. The largest absolute Gasteiger partial charge is 0.324 e. The molecule has 2 heterocycles. The fraction of sp³-hybridized carbons (Fsp3) is 0.167. The first kappa shape index (κ1) is 18.2. The van der Waals surface area contributed by atoms with Gasteiger partial charge in [0.25, 0.3) is 0 Å². The first-order valence-electron chi connectivity index (χ1n) is 10.1. The number of fused-ring (bicyclic) bond motifs is 1. The number of rotatable bonds is 4. The first-order chi connectivity index (χ1) is 14.7. The summed E-state index contributed by atoms with van der Waals surface area (Å²) in [6.45, 7) is 7.27. The maximum absolute atomic E-state index is 5.03. The van der Waals surface area contributed by atoms with Crippen molar-refractivity contribution in [2.45, 2.75) is 27.3 Å². The molecule has 0 fully saturated rings. The number of hydrogen-bond donors (Lipinski definition) is 1. The standard InChI is InChI=1S/C24H22N6/c1-4-30-22-12-10-17(23-26-28-29-27-23)14-21(22)25-24(30)20-8-6-5-7-19(20)18-11-9-15(2)13-16(18)3/h5-14H,4H2,1-3H3,(H,26,27,28,29). The van der Waals surface area contributed by atoms with Crippen LogP contribution in [0, 0.1) is 13.8 Å². The van der Waals surface area contributed by atoms with Crippen LogP contribution in [0.15, 0.2) is 60.7 Å². The van der Waals surface area contributed by atoms with E-state index in [0.29, 0.717) is 5.82 Å². The van der Waals surface area contributed by atoms with Crippen LogP contribution in [0.2, 0.25) is 0 Å². The SMILES string of the molecule is CCn1c(-c2ccccc2-c2ccc(C)cc2C)nc2cc(-c3nn[nH]n3)ccc21. The van der Waals surface area contributed by atoms with Crippen molar-refractivity contribution < 1.29 is 0 Å². The lowest BCUT2D eigenvalue weighted by Crippen LogP contribution is -1.99. The molecule has 0 aliphatic rings. The fourth-order valence-electron chi connectivity index (χ4n) is 4.11. The highest BCUT2D eigenvalue weighted by Gasteiger charge is 2.17. The van der Waals surface area contributed by atoms with Gasteiger partial charge in [0.1, 0.15) is 5.82 Å². The minimum absolute atomic E-state index is 0.570. The third-order valence-electron chi connectivity index (χ3n) is 5.51. The molecule has 0 amide bonds. The third-order valence-corrected chi connectivity index (χ3v) is 5.51. The molecule has 0 bridgehead atoms. The molecule has 6 nitrogen and oxygen atoms in total. The summed E-state index contributed by atoms with van der Waals surface area (Å²) in [6, 6.07) is 21.2. The van der Waals surface area contributed by atoms with Gasteiger partial charge in [0.15, 0.2) is 0 Å². The highest BCUT2D eigenvalue weighted by Crippen LogP contribution is 2.35. The van der Waals surface area contributed by atoms with Crippen LogP contribution in [0.3, 0.4) is 0 Å². The molecule has 0 saturated carbocycles. The lowest BCUT2D eigenvalue weighted by molar-refractivity contribution is 0.796. The molecule has 5 rings (SSSR count). The summed E-state index contributed by atoms with van der Waals surface area (Å²) in [7, 11) is 0. The van der Waals surface area contributed by atoms with E-state index in [0.717, 1.165) is 34.5 Å². The zero-order valence-electron chi connectivity index (χ0n) is 17.2. The molecule has 148 valence electrons. The summed E-state index contributed by atoms with van der Waals surface area (Å²) in [5.74, 6) is 1.54. The van der Waals surface area contributed by atoms with Crippen molar-refractivity contribution in [2.75, 3.05) is 0 Å². The Labute approximate surface area is 174 Å². The van der Waals surface area contributed by atoms with Crippen molar-refractivity contribution in [2.24, 2.45) is 0 Å². The van der Waals surface area contributed by atoms with Crippen molar-refractivity contribution in [3.63, 3.8) is 0 Å². The Balaban J connectivity index is 1.72. The zero-order chi connectivity index (χ0) is 20.7. The average Bonchev–Trinajstić information content (AvgIpc) is 3.41. The Morgan fingerprint density at radius 3 is 2.47 bits per heavy atom. The molecule has 0 spiro atoms. The lowest BCUT2D eigenvalue weighted by atomic mass is 9.94. The quantitative estimate of drug-likeness (QED) is 0.455. The van der Waals surface area contributed by atoms with E-state index in [4.69, 9.17) is 4.98 Å². The fourth-order valence-corrected chi connectivity index (χ4v) is 4.11. The highest BCUT2D eigenvalue weighted by molar-refractivity contribution is 5.89. The summed E-state index contributed by atoms with van der Waals surface area (Å²) in [5, 5.41) is 14.4. The molecule has 5 aromatic rings. The molecule has 3 aromatic carbocycles. The number of nitrogens with zero attached hydrogens (tertiary/aromatic N) is 5. The van der Waals surface area contributed by atoms with Gasteiger partial charge in [-0.1, -0.05) is 48.0 Å². The van der Waals surface area contributed by atoms with Gasteiger partial charge in [-0.3, -0.25) is 0 Å². The molecule has 0 radical (unpaired) electrons. The van der Waals surface area contributed by atoms with Crippen LogP contribution in [-0.4, -0.2) is 30.2 Å². The maximum atomic E-state index is 5.03. The van der Waals surface area contributed by atoms with Gasteiger partial charge in [0.2, 0.25) is 5.82 Å². The topological polar surface area (TPSA) is 72.3 Å². The lowest BCUT2D eigenvalue weighted by Gasteiger charge is -2.14. The molecule has 0 unspecified atom stereocenters. The number of nitrogens with one attached hydrogen (secondary N) is 1. The Bertz CT molecular complexity index is 1350. The van der Waals surface area contributed by atoms with Crippen molar-refractivity contribution >= 4 is 11.0 Å². The summed E-state index contributed by atoms with van der Waals surface area (Å²) >= 11 is 0. The van der Waals surface area contributed by atoms with Crippen LogP contribution >= 0.6 is 0 Å². The molecular weight excluding hydrogens is 372 g/mol. The van der Waals surface area contributed by atoms with Crippen LogP contribution in [0.25, 0.3) is 44.9 Å². The molecule has 6 heteroatoms. The molecule has 0 saturated heterocycles. The number of aromatic amines is 1. The van der Waals surface area contributed by atoms with Gasteiger partial charge in [0.05, 0.1) is 11.0 Å². The summed E-state index contributed by atoms with van der Waals surface area (Å²) in [4.78, 5) is 5.03. The van der Waals surface area contributed by atoms with Crippen LogP contribution in [-0.2, 0) is 6.54 Å². The van der Waals surface area contributed by atoms with Crippen molar-refractivity contribution in [3.8, 4) is 33.9 Å². The van der Waals surface area contributed by atoms with Gasteiger partial charge >= 0.3 is 0 Å². The van der Waals surface area contributed by atoms with Crippen molar-refractivity contribution in [3.05, 3.63) is 71.8 Å². The highest BCUT2D eigenvalue weighted by atomic mass is 15.5. The Morgan fingerprint density at radius 2 is 1.73 bits per heavy atom. The molecule has 2 aromatic heterocycles. The van der Waals surface area contributed by atoms with Gasteiger partial charge < -0.3 is 4.57 Å². The maximum Gasteiger partial charge on any atom is 0.204 e. The molecule has 30 heavy (non-hydrogen) atoms. The predicted molar refractivity (Wildman–Crippen MR) is 119 cm³/mol. The Morgan fingerprint density at radius 1 is 0.900 bits per heavy atom. The minimum atomic E-state index is 0.570. The minimum Gasteiger partial charge on any atom is -0.324 e. The van der Waals surface area contributed by atoms with Gasteiger partial charge in [-0.2, -0.15) is 5.21 Å². The van der Waals surface area contributed by atoms with E-state index in [2.05, 4.69) is 94.5 Å². The smallest absolute Gasteiger partial charge is 0.204 e. The van der Waals surface area contributed by atoms with Crippen molar-refractivity contribution in [1.82, 2.24) is 30.2 Å². The van der Waals surface area contributed by atoms with E-state index in [1.165, 1.54) is 22.3 Å². The molecule has 1 N–H and O–H groups in total. The number of aromatic nitrogens is 6. The molecular formula is C24H22N6. The Kier molecular flexibility index (Phi) is 4.39. The van der Waals surface area contributed by atoms with E-state index >= 15 is 0 Å². The van der Waals surface area contributed by atoms with Gasteiger partial charge in [-0.05, 0) is 60.9 Å². The zero-order valence-corrected chi connectivity index (χ0v) is 17.2. The number of benzene rings is 3. The molecule has 0 aliphatic carbocycles. The first-order valence-corrected chi connectivity index (χ1v) is 10.1. The third kappa shape index (κ3) is 2.97. The second kappa shape index (κ2) is 7.22. The number of imidazole rings is 1. The van der Waals surface area contributed by atoms with E-state index in [9.17, 15) is 0 Å². The average molecular weight is 394 g/mol. The number of hydrogen-bond acceptors (Lipinski definition) is 4. The van der Waals surface area contributed by atoms with Gasteiger partial charge in [0, 0.05) is 17.7 Å². The van der Waals surface area contributed by atoms with E-state index in [-0.39, 0.29) is 0 Å². The second-order valence-electron chi connectivity index (χ2n) is 7.48. The summed E-state index contributed by atoms with van der Waals surface area (Å²) < 4.78 is 2.26. The molecule has 0 atom stereocenters. The second-order valence-corrected chi connectivity index (χ2v) is 7.48. The van der Waals surface area contributed by atoms with E-state index in [1.807, 2.05) is 12.1 Å². The van der Waals surface area contributed by atoms with Crippen molar-refractivity contribution in [1.29, 1.82) is 0 Å². The normalized spacial score (nSPS) is 11.3. The summed E-state index contributed by atoms with van der Waals surface area (Å²) in [6.07, 6.45) is 0. The van der Waals surface area contributed by atoms with Gasteiger partial charge in [-0.25, -0.2) is 4.98 Å². The van der Waals surface area contributed by atoms with Gasteiger partial charge in [-0.15, -0.1) is 10.2 Å². The summed E-state index contributed by atoms with van der Waals surface area (Å²) in [5.41, 5.74) is 9.00. The number of aryl methyl sites for hydroxylation is 3. The van der Waals surface area contributed by atoms with Crippen LogP contribution in [0.1, 0.15) is 18.1 Å². The monoisotopic (exact) mass is 394 g/mol. The van der Waals surface area contributed by atoms with E-state index < -0.39 is 0 Å². The van der Waals surface area contributed by atoms with E-state index in [1.54, 1.807) is 0 Å². The van der Waals surface area contributed by atoms with Crippen LogP contribution in [0.5, 0.6) is 0 Å².